The van der Waals surface area contributed by atoms with Crippen molar-refractivity contribution in [3.63, 3.8) is 0 Å². The average Bonchev–Trinajstić information content (AvgIpc) is 2.34. The molecule has 0 bridgehead atoms. The van der Waals surface area contributed by atoms with E-state index in [0.29, 0.717) is 17.9 Å². The van der Waals surface area contributed by atoms with Gasteiger partial charge in [-0.3, -0.25) is 9.69 Å². The van der Waals surface area contributed by atoms with Gasteiger partial charge in [0.1, 0.15) is 0 Å². The molecule has 1 heterocycles. The maximum atomic E-state index is 12.1. The van der Waals surface area contributed by atoms with E-state index in [2.05, 4.69) is 23.6 Å². The third-order valence-electron chi connectivity index (χ3n) is 4.27. The van der Waals surface area contributed by atoms with Crippen LogP contribution in [0.2, 0.25) is 0 Å². The molecule has 1 saturated heterocycles. The zero-order chi connectivity index (χ0) is 13.0. The molecule has 2 rings (SSSR count). The number of nitrogens with zero attached hydrogens (tertiary/aromatic N) is 2. The number of hydrogen-bond acceptors (Lipinski definition) is 3. The number of amides is 1. The minimum Gasteiger partial charge on any atom is -0.340 e. The summed E-state index contributed by atoms with van der Waals surface area (Å²) in [6.07, 6.45) is 3.51. The molecular weight excluding hydrogens is 244 g/mol. The molecule has 1 saturated carbocycles. The molecule has 2 fully saturated rings. The van der Waals surface area contributed by atoms with Crippen LogP contribution in [-0.4, -0.2) is 59.4 Å². The Morgan fingerprint density at radius 3 is 2.44 bits per heavy atom. The van der Waals surface area contributed by atoms with Crippen molar-refractivity contribution >= 4 is 17.7 Å². The van der Waals surface area contributed by atoms with Crippen LogP contribution in [0.4, 0.5) is 0 Å². The number of rotatable bonds is 5. The molecule has 0 spiro atoms. The Bertz CT molecular complexity index is 273. The molecule has 0 aromatic heterocycles. The Morgan fingerprint density at radius 1 is 1.28 bits per heavy atom. The predicted octanol–water partition coefficient (Wildman–Crippen LogP) is 2.07. The minimum absolute atomic E-state index is 0.365. The Labute approximate surface area is 115 Å². The highest BCUT2D eigenvalue weighted by Gasteiger charge is 2.31. The third kappa shape index (κ3) is 3.41. The van der Waals surface area contributed by atoms with Crippen molar-refractivity contribution < 1.29 is 4.79 Å². The van der Waals surface area contributed by atoms with Crippen molar-refractivity contribution in [1.82, 2.24) is 9.80 Å². The van der Waals surface area contributed by atoms with Crippen LogP contribution in [-0.2, 0) is 4.79 Å². The first-order valence-corrected chi connectivity index (χ1v) is 8.48. The van der Waals surface area contributed by atoms with Crippen LogP contribution in [0.1, 0.15) is 33.1 Å². The second-order valence-electron chi connectivity index (χ2n) is 5.50. The molecule has 0 aromatic carbocycles. The minimum atomic E-state index is 0.365. The lowest BCUT2D eigenvalue weighted by Gasteiger charge is -2.40. The molecule has 1 atom stereocenters. The van der Waals surface area contributed by atoms with Gasteiger partial charge in [-0.1, -0.05) is 13.3 Å². The molecule has 1 aliphatic heterocycles. The van der Waals surface area contributed by atoms with Gasteiger partial charge >= 0.3 is 0 Å². The van der Waals surface area contributed by atoms with Crippen molar-refractivity contribution in [3.8, 4) is 0 Å². The Morgan fingerprint density at radius 2 is 1.94 bits per heavy atom. The van der Waals surface area contributed by atoms with Crippen molar-refractivity contribution in [2.24, 2.45) is 5.92 Å². The standard InChI is InChI=1S/C14H26N2OS/c1-3-18-11-12(2)15-7-9-16(10-8-15)14(17)13-5-4-6-13/h12-13H,3-11H2,1-2H3/t12-/m0/s1. The zero-order valence-electron chi connectivity index (χ0n) is 11.7. The van der Waals surface area contributed by atoms with E-state index in [1.54, 1.807) is 0 Å². The zero-order valence-corrected chi connectivity index (χ0v) is 12.5. The van der Waals surface area contributed by atoms with Crippen molar-refractivity contribution in [3.05, 3.63) is 0 Å². The molecular formula is C14H26N2OS. The van der Waals surface area contributed by atoms with Gasteiger partial charge in [0.25, 0.3) is 0 Å². The van der Waals surface area contributed by atoms with Gasteiger partial charge in [0.05, 0.1) is 0 Å². The topological polar surface area (TPSA) is 23.6 Å². The van der Waals surface area contributed by atoms with E-state index in [4.69, 9.17) is 0 Å². The normalized spacial score (nSPS) is 23.8. The molecule has 3 nitrogen and oxygen atoms in total. The highest BCUT2D eigenvalue weighted by molar-refractivity contribution is 7.99. The summed E-state index contributed by atoms with van der Waals surface area (Å²) in [5, 5.41) is 0. The first-order valence-electron chi connectivity index (χ1n) is 7.33. The van der Waals surface area contributed by atoms with Crippen molar-refractivity contribution in [1.29, 1.82) is 0 Å². The van der Waals surface area contributed by atoms with Gasteiger partial charge < -0.3 is 4.90 Å². The maximum Gasteiger partial charge on any atom is 0.225 e. The highest BCUT2D eigenvalue weighted by atomic mass is 32.2. The second kappa shape index (κ2) is 6.80. The largest absolute Gasteiger partial charge is 0.340 e. The summed E-state index contributed by atoms with van der Waals surface area (Å²) in [5.74, 6) is 3.21. The molecule has 18 heavy (non-hydrogen) atoms. The molecule has 104 valence electrons. The molecule has 0 radical (unpaired) electrons. The van der Waals surface area contributed by atoms with Crippen LogP contribution < -0.4 is 0 Å². The summed E-state index contributed by atoms with van der Waals surface area (Å²) in [4.78, 5) is 16.8. The number of piperazine rings is 1. The molecule has 0 N–H and O–H groups in total. The summed E-state index contributed by atoms with van der Waals surface area (Å²) < 4.78 is 0. The third-order valence-corrected chi connectivity index (χ3v) is 5.39. The Hall–Kier alpha value is -0.220. The van der Waals surface area contributed by atoms with Crippen LogP contribution >= 0.6 is 11.8 Å². The summed E-state index contributed by atoms with van der Waals surface area (Å²) in [6.45, 7) is 8.53. The number of carbonyl (C=O) groups is 1. The Balaban J connectivity index is 1.71. The summed E-state index contributed by atoms with van der Waals surface area (Å²) in [5.41, 5.74) is 0. The monoisotopic (exact) mass is 270 g/mol. The predicted molar refractivity (Wildman–Crippen MR) is 78.0 cm³/mol. The SMILES string of the molecule is CCSC[C@H](C)N1CCN(C(=O)C2CCC2)CC1. The van der Waals surface area contributed by atoms with E-state index in [1.807, 2.05) is 11.8 Å². The fourth-order valence-corrected chi connectivity index (χ4v) is 3.48. The number of hydrogen-bond donors (Lipinski definition) is 0. The van der Waals surface area contributed by atoms with E-state index in [9.17, 15) is 4.79 Å². The van der Waals surface area contributed by atoms with Crippen LogP contribution in [0.15, 0.2) is 0 Å². The molecule has 1 amide bonds. The molecule has 1 aliphatic carbocycles. The molecule has 2 aliphatic rings. The second-order valence-corrected chi connectivity index (χ2v) is 6.82. The summed E-state index contributed by atoms with van der Waals surface area (Å²) in [7, 11) is 0. The molecule has 4 heteroatoms. The summed E-state index contributed by atoms with van der Waals surface area (Å²) in [6, 6.07) is 0.649. The van der Waals surface area contributed by atoms with Crippen LogP contribution in [0, 0.1) is 5.92 Å². The van der Waals surface area contributed by atoms with E-state index >= 15 is 0 Å². The highest BCUT2D eigenvalue weighted by Crippen LogP contribution is 2.28. The Kier molecular flexibility index (Phi) is 5.37. The van der Waals surface area contributed by atoms with Crippen molar-refractivity contribution in [2.75, 3.05) is 37.7 Å². The number of carbonyl (C=O) groups excluding carboxylic acids is 1. The molecule has 0 aromatic rings. The lowest BCUT2D eigenvalue weighted by molar-refractivity contribution is -0.140. The fourth-order valence-electron chi connectivity index (χ4n) is 2.69. The van der Waals surface area contributed by atoms with Crippen LogP contribution in [0.25, 0.3) is 0 Å². The van der Waals surface area contributed by atoms with Gasteiger partial charge in [0.15, 0.2) is 0 Å². The van der Waals surface area contributed by atoms with E-state index in [0.717, 1.165) is 39.0 Å². The maximum absolute atomic E-state index is 12.1. The van der Waals surface area contributed by atoms with Crippen LogP contribution in [0.5, 0.6) is 0 Å². The van der Waals surface area contributed by atoms with Crippen LogP contribution in [0.3, 0.4) is 0 Å². The van der Waals surface area contributed by atoms with E-state index in [-0.39, 0.29) is 0 Å². The van der Waals surface area contributed by atoms with Gasteiger partial charge in [0, 0.05) is 43.9 Å². The smallest absolute Gasteiger partial charge is 0.225 e. The van der Waals surface area contributed by atoms with E-state index < -0.39 is 0 Å². The first kappa shape index (κ1) is 14.2. The molecule has 0 unspecified atom stereocenters. The lowest BCUT2D eigenvalue weighted by atomic mass is 9.84. The summed E-state index contributed by atoms with van der Waals surface area (Å²) >= 11 is 2.01. The lowest BCUT2D eigenvalue weighted by Crippen LogP contribution is -2.53. The van der Waals surface area contributed by atoms with Crippen molar-refractivity contribution in [2.45, 2.75) is 39.2 Å². The quantitative estimate of drug-likeness (QED) is 0.764. The van der Waals surface area contributed by atoms with Gasteiger partial charge in [-0.05, 0) is 25.5 Å². The average molecular weight is 270 g/mol. The van der Waals surface area contributed by atoms with Gasteiger partial charge in [-0.15, -0.1) is 0 Å². The van der Waals surface area contributed by atoms with Gasteiger partial charge in [0.2, 0.25) is 5.91 Å². The fraction of sp³-hybridized carbons (Fsp3) is 0.929. The van der Waals surface area contributed by atoms with Gasteiger partial charge in [-0.25, -0.2) is 0 Å². The number of thioether (sulfide) groups is 1. The first-order chi connectivity index (χ1) is 8.72. The van der Waals surface area contributed by atoms with Gasteiger partial charge in [-0.2, -0.15) is 11.8 Å². The van der Waals surface area contributed by atoms with E-state index in [1.165, 1.54) is 17.9 Å².